The highest BCUT2D eigenvalue weighted by molar-refractivity contribution is 5.95. The summed E-state index contributed by atoms with van der Waals surface area (Å²) < 4.78 is 0. The molecule has 0 heterocycles. The highest BCUT2D eigenvalue weighted by atomic mass is 16.2. The van der Waals surface area contributed by atoms with E-state index in [1.807, 2.05) is 30.3 Å². The molecule has 1 aromatic rings. The average molecular weight is 284 g/mol. The lowest BCUT2D eigenvalue weighted by molar-refractivity contribution is -0.120. The van der Waals surface area contributed by atoms with Gasteiger partial charge in [0.25, 0.3) is 0 Å². The standard InChI is InChI=1S/C18H24N2O/c1-17(2)14-9-10-18(17,3)15(12-14)19-20-16(21)11-13-7-5-4-6-8-13/h4-8,14H,9-12H2,1-3H3,(H,20,21)/b19-15+/t14-,18+/m1/s1. The molecule has 2 saturated carbocycles. The molecule has 0 aliphatic heterocycles. The molecule has 0 unspecified atom stereocenters. The van der Waals surface area contributed by atoms with E-state index in [-0.39, 0.29) is 11.3 Å². The molecule has 3 nitrogen and oxygen atoms in total. The van der Waals surface area contributed by atoms with Crippen LogP contribution in [0.15, 0.2) is 35.4 Å². The van der Waals surface area contributed by atoms with Crippen molar-refractivity contribution in [3.05, 3.63) is 35.9 Å². The van der Waals surface area contributed by atoms with Crippen LogP contribution in [0.2, 0.25) is 0 Å². The third-order valence-corrected chi connectivity index (χ3v) is 6.04. The number of carbonyl (C=O) groups excluding carboxylic acids is 1. The second-order valence-electron chi connectivity index (χ2n) is 7.25. The minimum atomic E-state index is -0.0297. The van der Waals surface area contributed by atoms with Crippen LogP contribution in [0.3, 0.4) is 0 Å². The van der Waals surface area contributed by atoms with E-state index in [0.717, 1.165) is 12.0 Å². The van der Waals surface area contributed by atoms with Gasteiger partial charge in [0.2, 0.25) is 5.91 Å². The van der Waals surface area contributed by atoms with Crippen LogP contribution in [-0.2, 0) is 11.2 Å². The first-order valence-corrected chi connectivity index (χ1v) is 7.83. The molecule has 2 aliphatic carbocycles. The van der Waals surface area contributed by atoms with E-state index in [1.54, 1.807) is 0 Å². The molecule has 0 spiro atoms. The summed E-state index contributed by atoms with van der Waals surface area (Å²) in [4.78, 5) is 12.0. The monoisotopic (exact) mass is 284 g/mol. The van der Waals surface area contributed by atoms with Gasteiger partial charge in [-0.15, -0.1) is 0 Å². The van der Waals surface area contributed by atoms with Crippen molar-refractivity contribution in [1.29, 1.82) is 0 Å². The second-order valence-corrected chi connectivity index (χ2v) is 7.25. The van der Waals surface area contributed by atoms with Crippen molar-refractivity contribution < 1.29 is 4.79 Å². The Morgan fingerprint density at radius 1 is 1.29 bits per heavy atom. The van der Waals surface area contributed by atoms with E-state index in [1.165, 1.54) is 18.6 Å². The van der Waals surface area contributed by atoms with Gasteiger partial charge in [0.15, 0.2) is 0 Å². The molecule has 112 valence electrons. The van der Waals surface area contributed by atoms with Crippen LogP contribution >= 0.6 is 0 Å². The van der Waals surface area contributed by atoms with Crippen molar-refractivity contribution in [2.75, 3.05) is 0 Å². The summed E-state index contributed by atoms with van der Waals surface area (Å²) in [6, 6.07) is 9.80. The Morgan fingerprint density at radius 2 is 2.00 bits per heavy atom. The number of fused-ring (bicyclic) bond motifs is 2. The quantitative estimate of drug-likeness (QED) is 0.847. The van der Waals surface area contributed by atoms with Gasteiger partial charge in [-0.25, -0.2) is 5.43 Å². The predicted octanol–water partition coefficient (Wildman–Crippen LogP) is 3.55. The molecule has 1 aromatic carbocycles. The molecule has 0 saturated heterocycles. The summed E-state index contributed by atoms with van der Waals surface area (Å²) in [7, 11) is 0. The number of benzene rings is 1. The predicted molar refractivity (Wildman–Crippen MR) is 85.0 cm³/mol. The first kappa shape index (κ1) is 14.3. The van der Waals surface area contributed by atoms with E-state index in [2.05, 4.69) is 31.3 Å². The fraction of sp³-hybridized carbons (Fsp3) is 0.556. The molecule has 3 rings (SSSR count). The van der Waals surface area contributed by atoms with Crippen molar-refractivity contribution >= 4 is 11.6 Å². The average Bonchev–Trinajstić information content (AvgIpc) is 2.79. The third-order valence-electron chi connectivity index (χ3n) is 6.04. The Hall–Kier alpha value is -1.64. The lowest BCUT2D eigenvalue weighted by Crippen LogP contribution is -2.34. The molecule has 1 amide bonds. The smallest absolute Gasteiger partial charge is 0.244 e. The Kier molecular flexibility index (Phi) is 3.39. The SMILES string of the molecule is CC1(C)[C@@H]2CC[C@@]1(C)/C(=N/NC(=O)Cc1ccccc1)C2. The van der Waals surface area contributed by atoms with E-state index in [0.29, 0.717) is 17.8 Å². The van der Waals surface area contributed by atoms with Crippen molar-refractivity contribution in [1.82, 2.24) is 5.43 Å². The van der Waals surface area contributed by atoms with E-state index in [4.69, 9.17) is 0 Å². The van der Waals surface area contributed by atoms with Gasteiger partial charge in [0.1, 0.15) is 0 Å². The van der Waals surface area contributed by atoms with Gasteiger partial charge in [0.05, 0.1) is 6.42 Å². The largest absolute Gasteiger partial charge is 0.273 e. The van der Waals surface area contributed by atoms with Crippen LogP contribution < -0.4 is 5.43 Å². The second kappa shape index (κ2) is 4.97. The van der Waals surface area contributed by atoms with Crippen molar-refractivity contribution in [2.45, 2.75) is 46.5 Å². The minimum absolute atomic E-state index is 0.0297. The minimum Gasteiger partial charge on any atom is -0.273 e. The molecule has 0 aromatic heterocycles. The van der Waals surface area contributed by atoms with Crippen LogP contribution in [-0.4, -0.2) is 11.6 Å². The highest BCUT2D eigenvalue weighted by Gasteiger charge is 2.59. The first-order valence-electron chi connectivity index (χ1n) is 7.83. The number of hydrazone groups is 1. The van der Waals surface area contributed by atoms with Crippen molar-refractivity contribution in [3.63, 3.8) is 0 Å². The zero-order valence-electron chi connectivity index (χ0n) is 13.1. The van der Waals surface area contributed by atoms with Gasteiger partial charge < -0.3 is 0 Å². The normalized spacial score (nSPS) is 31.6. The molecular formula is C18H24N2O. The molecule has 0 radical (unpaired) electrons. The summed E-state index contributed by atoms with van der Waals surface area (Å²) in [5, 5.41) is 4.49. The molecule has 21 heavy (non-hydrogen) atoms. The number of carbonyl (C=O) groups is 1. The molecular weight excluding hydrogens is 260 g/mol. The summed E-state index contributed by atoms with van der Waals surface area (Å²) in [6.07, 6.45) is 3.91. The van der Waals surface area contributed by atoms with E-state index >= 15 is 0 Å². The van der Waals surface area contributed by atoms with Gasteiger partial charge in [-0.3, -0.25) is 4.79 Å². The lowest BCUT2D eigenvalue weighted by Gasteiger charge is -2.34. The van der Waals surface area contributed by atoms with Crippen LogP contribution in [0.25, 0.3) is 0 Å². The highest BCUT2D eigenvalue weighted by Crippen LogP contribution is 2.63. The summed E-state index contributed by atoms with van der Waals surface area (Å²) in [6.45, 7) is 7.00. The van der Waals surface area contributed by atoms with Gasteiger partial charge >= 0.3 is 0 Å². The zero-order valence-corrected chi connectivity index (χ0v) is 13.1. The Balaban J connectivity index is 1.66. The molecule has 2 atom stereocenters. The summed E-state index contributed by atoms with van der Waals surface area (Å²) >= 11 is 0. The summed E-state index contributed by atoms with van der Waals surface area (Å²) in [5.41, 5.74) is 5.43. The Bertz CT molecular complexity index is 576. The fourth-order valence-corrected chi connectivity index (χ4v) is 4.05. The van der Waals surface area contributed by atoms with E-state index < -0.39 is 0 Å². The maximum Gasteiger partial charge on any atom is 0.244 e. The zero-order chi connectivity index (χ0) is 15.1. The van der Waals surface area contributed by atoms with Crippen LogP contribution in [0.4, 0.5) is 0 Å². The molecule has 2 bridgehead atoms. The van der Waals surface area contributed by atoms with Crippen LogP contribution in [0.5, 0.6) is 0 Å². The van der Waals surface area contributed by atoms with Crippen LogP contribution in [0, 0.1) is 16.7 Å². The van der Waals surface area contributed by atoms with Gasteiger partial charge in [-0.1, -0.05) is 51.1 Å². The molecule has 3 heteroatoms. The number of hydrogen-bond acceptors (Lipinski definition) is 2. The topological polar surface area (TPSA) is 41.5 Å². The maximum atomic E-state index is 12.0. The molecule has 1 N–H and O–H groups in total. The number of amides is 1. The third kappa shape index (κ3) is 2.29. The molecule has 2 aliphatic rings. The van der Waals surface area contributed by atoms with Crippen molar-refractivity contribution in [3.8, 4) is 0 Å². The van der Waals surface area contributed by atoms with Crippen molar-refractivity contribution in [2.24, 2.45) is 21.8 Å². The maximum absolute atomic E-state index is 12.0. The first-order chi connectivity index (χ1) is 9.93. The number of rotatable bonds is 3. The van der Waals surface area contributed by atoms with Crippen LogP contribution in [0.1, 0.15) is 45.6 Å². The Labute approximate surface area is 126 Å². The van der Waals surface area contributed by atoms with Gasteiger partial charge in [-0.2, -0.15) is 5.10 Å². The Morgan fingerprint density at radius 3 is 2.57 bits per heavy atom. The molecule has 2 fully saturated rings. The number of nitrogens with zero attached hydrogens (tertiary/aromatic N) is 1. The van der Waals surface area contributed by atoms with Gasteiger partial charge in [-0.05, 0) is 36.2 Å². The lowest BCUT2D eigenvalue weighted by atomic mass is 9.70. The summed E-state index contributed by atoms with van der Waals surface area (Å²) in [5.74, 6) is 0.685. The van der Waals surface area contributed by atoms with E-state index in [9.17, 15) is 4.79 Å². The number of nitrogens with one attached hydrogen (secondary N) is 1. The fourth-order valence-electron chi connectivity index (χ4n) is 4.05. The number of hydrogen-bond donors (Lipinski definition) is 1. The van der Waals surface area contributed by atoms with Gasteiger partial charge in [0, 0.05) is 11.1 Å².